The number of nitrogens with zero attached hydrogens (tertiary/aromatic N) is 2. The van der Waals surface area contributed by atoms with Crippen molar-refractivity contribution < 1.29 is 18.8 Å². The summed E-state index contributed by atoms with van der Waals surface area (Å²) in [6, 6.07) is 7.84. The minimum Gasteiger partial charge on any atom is -0.384 e. The monoisotopic (exact) mass is 442 g/mol. The third-order valence-electron chi connectivity index (χ3n) is 5.89. The molecule has 0 aliphatic heterocycles. The minimum absolute atomic E-state index is 0.111. The topological polar surface area (TPSA) is 125 Å². The number of Topliss-reactive ketones (excluding diaryl/α,β-unsaturated/α-hetero) is 1. The van der Waals surface area contributed by atoms with Crippen molar-refractivity contribution in [1.29, 1.82) is 0 Å². The van der Waals surface area contributed by atoms with Crippen LogP contribution in [0, 0.1) is 11.8 Å². The second kappa shape index (κ2) is 10.4. The average molecular weight is 443 g/mol. The molecule has 0 spiro atoms. The lowest BCUT2D eigenvalue weighted by molar-refractivity contribution is -0.128. The average Bonchev–Trinajstić information content (AvgIpc) is 3.23. The summed E-state index contributed by atoms with van der Waals surface area (Å²) in [6.07, 6.45) is 3.51. The van der Waals surface area contributed by atoms with Crippen LogP contribution in [0.2, 0.25) is 0 Å². The number of ketones is 1. The minimum atomic E-state index is -0.869. The largest absolute Gasteiger partial charge is 0.434 e. The van der Waals surface area contributed by atoms with Crippen LogP contribution >= 0.6 is 0 Å². The van der Waals surface area contributed by atoms with E-state index in [-0.39, 0.29) is 29.7 Å². The number of amides is 2. The van der Waals surface area contributed by atoms with Gasteiger partial charge in [-0.25, -0.2) is 9.89 Å². The maximum atomic E-state index is 13.3. The van der Waals surface area contributed by atoms with E-state index in [4.69, 9.17) is 4.42 Å². The lowest BCUT2D eigenvalue weighted by Gasteiger charge is -2.37. The van der Waals surface area contributed by atoms with E-state index in [9.17, 15) is 19.2 Å². The predicted molar refractivity (Wildman–Crippen MR) is 117 cm³/mol. The molecule has 0 saturated heterocycles. The predicted octanol–water partition coefficient (Wildman–Crippen LogP) is 2.41. The number of aromatic amines is 1. The molecule has 0 unspecified atom stereocenters. The van der Waals surface area contributed by atoms with Crippen LogP contribution in [-0.2, 0) is 4.79 Å². The molecule has 1 fully saturated rings. The first kappa shape index (κ1) is 23.4. The maximum Gasteiger partial charge on any atom is 0.434 e. The van der Waals surface area contributed by atoms with E-state index in [0.29, 0.717) is 24.8 Å². The fourth-order valence-corrected chi connectivity index (χ4v) is 4.28. The summed E-state index contributed by atoms with van der Waals surface area (Å²) in [5.74, 6) is -2.46. The summed E-state index contributed by atoms with van der Waals surface area (Å²) in [5.41, 5.74) is 0.571. The standard InChI is InChI=1S/C23H30N4O5/c1-14(2)13-17(19(28)21-25-26-23(31)32-21)24-20(29)16-11-7-8-12-18(16)27(3)22(30)15-9-5-4-6-10-15/h4-6,9-10,14,16-18H,7-8,11-13H2,1-3H3,(H,24,29)(H,26,31)/t16-,17+,18+/m1/s1. The zero-order chi connectivity index (χ0) is 23.3. The summed E-state index contributed by atoms with van der Waals surface area (Å²) < 4.78 is 4.80. The molecule has 9 nitrogen and oxygen atoms in total. The van der Waals surface area contributed by atoms with Gasteiger partial charge in [0.15, 0.2) is 0 Å². The molecule has 2 N–H and O–H groups in total. The van der Waals surface area contributed by atoms with Crippen LogP contribution in [-0.4, -0.2) is 51.8 Å². The quantitative estimate of drug-likeness (QED) is 0.605. The number of H-pyrrole nitrogens is 1. The fourth-order valence-electron chi connectivity index (χ4n) is 4.28. The first-order valence-electron chi connectivity index (χ1n) is 11.0. The van der Waals surface area contributed by atoms with Gasteiger partial charge in [-0.1, -0.05) is 44.9 Å². The lowest BCUT2D eigenvalue weighted by Crippen LogP contribution is -2.52. The Balaban J connectivity index is 1.77. The Morgan fingerprint density at radius 2 is 1.88 bits per heavy atom. The fraction of sp³-hybridized carbons (Fsp3) is 0.522. The van der Waals surface area contributed by atoms with Gasteiger partial charge in [0, 0.05) is 18.7 Å². The smallest absolute Gasteiger partial charge is 0.384 e. The van der Waals surface area contributed by atoms with Gasteiger partial charge in [-0.2, -0.15) is 0 Å². The van der Waals surface area contributed by atoms with Crippen LogP contribution < -0.4 is 11.1 Å². The number of carbonyl (C=O) groups excluding carboxylic acids is 3. The van der Waals surface area contributed by atoms with Gasteiger partial charge in [-0.15, -0.1) is 5.10 Å². The normalized spacial score (nSPS) is 19.4. The maximum absolute atomic E-state index is 13.3. The molecule has 1 aromatic carbocycles. The summed E-state index contributed by atoms with van der Waals surface area (Å²) in [6.45, 7) is 3.87. The number of rotatable bonds is 8. The number of hydrogen-bond donors (Lipinski definition) is 2. The highest BCUT2D eigenvalue weighted by molar-refractivity contribution is 5.99. The van der Waals surface area contributed by atoms with Gasteiger partial charge < -0.3 is 14.6 Å². The number of benzene rings is 1. The van der Waals surface area contributed by atoms with Crippen molar-refractivity contribution in [2.24, 2.45) is 11.8 Å². The summed E-state index contributed by atoms with van der Waals surface area (Å²) in [5, 5.41) is 8.53. The van der Waals surface area contributed by atoms with Crippen molar-refractivity contribution in [3.8, 4) is 0 Å². The van der Waals surface area contributed by atoms with Crippen molar-refractivity contribution in [3.05, 3.63) is 52.3 Å². The Bertz CT molecular complexity index is 997. The number of hydrogen-bond acceptors (Lipinski definition) is 6. The first-order valence-corrected chi connectivity index (χ1v) is 11.0. The first-order chi connectivity index (χ1) is 15.3. The Kier molecular flexibility index (Phi) is 7.61. The number of carbonyl (C=O) groups is 3. The Morgan fingerprint density at radius 1 is 1.19 bits per heavy atom. The molecule has 3 rings (SSSR count). The molecule has 2 amide bonds. The van der Waals surface area contributed by atoms with Crippen LogP contribution in [0.4, 0.5) is 0 Å². The van der Waals surface area contributed by atoms with E-state index in [2.05, 4.69) is 15.5 Å². The molecule has 172 valence electrons. The van der Waals surface area contributed by atoms with Crippen molar-refractivity contribution >= 4 is 17.6 Å². The highest BCUT2D eigenvalue weighted by atomic mass is 16.4. The molecule has 9 heteroatoms. The van der Waals surface area contributed by atoms with Crippen LogP contribution in [0.1, 0.15) is 67.0 Å². The summed E-state index contributed by atoms with van der Waals surface area (Å²) >= 11 is 0. The number of aromatic nitrogens is 2. The molecule has 0 radical (unpaired) electrons. The molecule has 1 aromatic heterocycles. The molecule has 2 aromatic rings. The molecule has 0 bridgehead atoms. The van der Waals surface area contributed by atoms with Gasteiger partial charge in [0.2, 0.25) is 11.7 Å². The molecule has 1 aliphatic rings. The zero-order valence-corrected chi connectivity index (χ0v) is 18.7. The van der Waals surface area contributed by atoms with E-state index in [1.54, 1.807) is 24.1 Å². The molecule has 3 atom stereocenters. The lowest BCUT2D eigenvalue weighted by atomic mass is 9.82. The van der Waals surface area contributed by atoms with Crippen LogP contribution in [0.25, 0.3) is 0 Å². The molecule has 1 aliphatic carbocycles. The van der Waals surface area contributed by atoms with E-state index in [0.717, 1.165) is 12.8 Å². The van der Waals surface area contributed by atoms with Gasteiger partial charge >= 0.3 is 5.76 Å². The van der Waals surface area contributed by atoms with Crippen LogP contribution in [0.3, 0.4) is 0 Å². The SMILES string of the molecule is CC(C)C[C@H](NC(=O)[C@@H]1CCCC[C@@H]1N(C)C(=O)c1ccccc1)C(=O)c1n[nH]c(=O)o1. The summed E-state index contributed by atoms with van der Waals surface area (Å²) in [7, 11) is 1.72. The molecular weight excluding hydrogens is 412 g/mol. The molecular formula is C23H30N4O5. The van der Waals surface area contributed by atoms with Gasteiger partial charge in [-0.3, -0.25) is 14.4 Å². The van der Waals surface area contributed by atoms with Crippen molar-refractivity contribution in [3.63, 3.8) is 0 Å². The van der Waals surface area contributed by atoms with Crippen LogP contribution in [0.5, 0.6) is 0 Å². The second-order valence-electron chi connectivity index (χ2n) is 8.71. The van der Waals surface area contributed by atoms with Gasteiger partial charge in [-0.05, 0) is 37.3 Å². The third kappa shape index (κ3) is 5.52. The Morgan fingerprint density at radius 3 is 2.50 bits per heavy atom. The van der Waals surface area contributed by atoms with Crippen molar-refractivity contribution in [2.75, 3.05) is 7.05 Å². The molecule has 1 heterocycles. The number of nitrogens with one attached hydrogen (secondary N) is 2. The summed E-state index contributed by atoms with van der Waals surface area (Å²) in [4.78, 5) is 52.0. The van der Waals surface area contributed by atoms with E-state index < -0.39 is 23.5 Å². The van der Waals surface area contributed by atoms with E-state index in [1.807, 2.05) is 32.0 Å². The second-order valence-corrected chi connectivity index (χ2v) is 8.71. The van der Waals surface area contributed by atoms with Gasteiger partial charge in [0.05, 0.1) is 12.0 Å². The Hall–Kier alpha value is -3.23. The third-order valence-corrected chi connectivity index (χ3v) is 5.89. The van der Waals surface area contributed by atoms with Crippen molar-refractivity contribution in [1.82, 2.24) is 20.4 Å². The highest BCUT2D eigenvalue weighted by Gasteiger charge is 2.38. The molecule has 1 saturated carbocycles. The van der Waals surface area contributed by atoms with E-state index in [1.165, 1.54) is 0 Å². The van der Waals surface area contributed by atoms with Crippen LogP contribution in [0.15, 0.2) is 39.5 Å². The van der Waals surface area contributed by atoms with Crippen molar-refractivity contribution in [2.45, 2.75) is 58.0 Å². The molecule has 32 heavy (non-hydrogen) atoms. The Labute approximate surface area is 186 Å². The van der Waals surface area contributed by atoms with Gasteiger partial charge in [0.25, 0.3) is 11.8 Å². The van der Waals surface area contributed by atoms with E-state index >= 15 is 0 Å². The highest BCUT2D eigenvalue weighted by Crippen LogP contribution is 2.29. The van der Waals surface area contributed by atoms with Gasteiger partial charge in [0.1, 0.15) is 0 Å². The zero-order valence-electron chi connectivity index (χ0n) is 18.7.